The number of piperazine rings is 1. The first-order valence-corrected chi connectivity index (χ1v) is 8.58. The van der Waals surface area contributed by atoms with Crippen LogP contribution in [0.25, 0.3) is 11.0 Å². The summed E-state index contributed by atoms with van der Waals surface area (Å²) in [6.07, 6.45) is 4.03. The molecule has 1 aliphatic heterocycles. The number of anilines is 1. The molecule has 25 heavy (non-hydrogen) atoms. The zero-order chi connectivity index (χ0) is 17.2. The third-order valence-electron chi connectivity index (χ3n) is 4.78. The van der Waals surface area contributed by atoms with E-state index in [0.717, 1.165) is 54.2 Å². The summed E-state index contributed by atoms with van der Waals surface area (Å²) in [4.78, 5) is 28.7. The highest BCUT2D eigenvalue weighted by Gasteiger charge is 2.23. The minimum absolute atomic E-state index is 0.191. The van der Waals surface area contributed by atoms with Crippen molar-refractivity contribution in [1.82, 2.24) is 19.9 Å². The molecule has 128 valence electrons. The molecule has 4 rings (SSSR count). The van der Waals surface area contributed by atoms with Crippen molar-refractivity contribution in [2.75, 3.05) is 31.1 Å². The summed E-state index contributed by atoms with van der Waals surface area (Å²) in [5.74, 6) is 1.15. The van der Waals surface area contributed by atoms with Gasteiger partial charge in [0.2, 0.25) is 5.91 Å². The molecule has 0 atom stereocenters. The van der Waals surface area contributed by atoms with E-state index in [9.17, 15) is 4.79 Å². The number of carbonyl (C=O) groups is 1. The average Bonchev–Trinajstić information content (AvgIpc) is 3.04. The van der Waals surface area contributed by atoms with Gasteiger partial charge in [-0.25, -0.2) is 9.97 Å². The molecule has 0 spiro atoms. The Morgan fingerprint density at radius 1 is 1.12 bits per heavy atom. The molecule has 1 aliphatic rings. The van der Waals surface area contributed by atoms with Gasteiger partial charge in [-0.2, -0.15) is 0 Å². The number of hydrogen-bond acceptors (Lipinski definition) is 4. The van der Waals surface area contributed by atoms with Gasteiger partial charge in [0.15, 0.2) is 0 Å². The van der Waals surface area contributed by atoms with Gasteiger partial charge >= 0.3 is 0 Å². The van der Waals surface area contributed by atoms with Crippen molar-refractivity contribution in [2.24, 2.45) is 0 Å². The maximum absolute atomic E-state index is 12.5. The molecule has 6 nitrogen and oxygen atoms in total. The summed E-state index contributed by atoms with van der Waals surface area (Å²) in [7, 11) is 0. The highest BCUT2D eigenvalue weighted by atomic mass is 16.2. The number of benzene rings is 1. The van der Waals surface area contributed by atoms with Crippen molar-refractivity contribution in [1.29, 1.82) is 0 Å². The molecule has 6 heteroatoms. The molecule has 1 saturated heterocycles. The van der Waals surface area contributed by atoms with Crippen molar-refractivity contribution in [3.8, 4) is 0 Å². The molecule has 2 aromatic heterocycles. The molecule has 3 heterocycles. The number of H-pyrrole nitrogens is 1. The summed E-state index contributed by atoms with van der Waals surface area (Å²) in [5, 5.41) is 1.08. The average molecular weight is 335 g/mol. The summed E-state index contributed by atoms with van der Waals surface area (Å²) >= 11 is 0. The molecule has 0 aliphatic carbocycles. The highest BCUT2D eigenvalue weighted by molar-refractivity contribution is 5.90. The van der Waals surface area contributed by atoms with Gasteiger partial charge in [-0.15, -0.1) is 0 Å². The standard InChI is InChI=1S/C19H21N5O/c1-14-12-20-18-17(14)19(22-13-21-18)24-9-7-23(8-10-24)16(25)11-15-5-3-2-4-6-15/h2-6,12-13H,7-11H2,1H3,(H,20,21,22). The van der Waals surface area contributed by atoms with E-state index in [2.05, 4.69) is 26.8 Å². The molecular weight excluding hydrogens is 314 g/mol. The van der Waals surface area contributed by atoms with Crippen molar-refractivity contribution < 1.29 is 4.79 Å². The number of amides is 1. The molecule has 1 N–H and O–H groups in total. The van der Waals surface area contributed by atoms with Gasteiger partial charge < -0.3 is 14.8 Å². The van der Waals surface area contributed by atoms with Crippen LogP contribution in [-0.4, -0.2) is 51.9 Å². The minimum atomic E-state index is 0.191. The van der Waals surface area contributed by atoms with Crippen LogP contribution in [0.4, 0.5) is 5.82 Å². The predicted molar refractivity (Wildman–Crippen MR) is 97.6 cm³/mol. The van der Waals surface area contributed by atoms with Crippen LogP contribution < -0.4 is 4.90 Å². The lowest BCUT2D eigenvalue weighted by atomic mass is 10.1. The smallest absolute Gasteiger partial charge is 0.227 e. The van der Waals surface area contributed by atoms with Crippen LogP contribution in [0.2, 0.25) is 0 Å². The SMILES string of the molecule is Cc1c[nH]c2ncnc(N3CCN(C(=O)Cc4ccccc4)CC3)c12. The zero-order valence-corrected chi connectivity index (χ0v) is 14.3. The van der Waals surface area contributed by atoms with Gasteiger partial charge in [-0.1, -0.05) is 30.3 Å². The van der Waals surface area contributed by atoms with E-state index in [0.29, 0.717) is 6.42 Å². The molecular formula is C19H21N5O. The molecule has 1 fully saturated rings. The van der Waals surface area contributed by atoms with Gasteiger partial charge in [0, 0.05) is 32.4 Å². The maximum atomic E-state index is 12.5. The van der Waals surface area contributed by atoms with Crippen molar-refractivity contribution in [3.05, 3.63) is 54.0 Å². The second kappa shape index (κ2) is 6.55. The lowest BCUT2D eigenvalue weighted by molar-refractivity contribution is -0.130. The van der Waals surface area contributed by atoms with Crippen LogP contribution >= 0.6 is 0 Å². The number of nitrogens with one attached hydrogen (secondary N) is 1. The van der Waals surface area contributed by atoms with Gasteiger partial charge in [0.05, 0.1) is 11.8 Å². The van der Waals surface area contributed by atoms with Crippen LogP contribution in [0.15, 0.2) is 42.9 Å². The van der Waals surface area contributed by atoms with E-state index in [1.807, 2.05) is 41.4 Å². The number of fused-ring (bicyclic) bond motifs is 1. The Morgan fingerprint density at radius 3 is 2.64 bits per heavy atom. The number of aromatic amines is 1. The quantitative estimate of drug-likeness (QED) is 0.797. The predicted octanol–water partition coefficient (Wildman–Crippen LogP) is 2.16. The fourth-order valence-corrected chi connectivity index (χ4v) is 3.39. The molecule has 0 radical (unpaired) electrons. The number of hydrogen-bond donors (Lipinski definition) is 1. The fourth-order valence-electron chi connectivity index (χ4n) is 3.39. The van der Waals surface area contributed by atoms with Crippen LogP contribution in [0.3, 0.4) is 0 Å². The number of nitrogens with zero attached hydrogens (tertiary/aromatic N) is 4. The lowest BCUT2D eigenvalue weighted by Gasteiger charge is -2.35. The number of aromatic nitrogens is 3. The van der Waals surface area contributed by atoms with E-state index in [4.69, 9.17) is 0 Å². The summed E-state index contributed by atoms with van der Waals surface area (Å²) in [6.45, 7) is 5.08. The third kappa shape index (κ3) is 3.07. The molecule has 0 saturated carbocycles. The topological polar surface area (TPSA) is 65.1 Å². The Balaban J connectivity index is 1.44. The zero-order valence-electron chi connectivity index (χ0n) is 14.3. The fraction of sp³-hybridized carbons (Fsp3) is 0.316. The first-order valence-electron chi connectivity index (χ1n) is 8.58. The highest BCUT2D eigenvalue weighted by Crippen LogP contribution is 2.26. The molecule has 0 unspecified atom stereocenters. The Bertz CT molecular complexity index is 881. The Morgan fingerprint density at radius 2 is 1.88 bits per heavy atom. The van der Waals surface area contributed by atoms with Gasteiger partial charge in [0.1, 0.15) is 17.8 Å². The van der Waals surface area contributed by atoms with E-state index in [-0.39, 0.29) is 5.91 Å². The summed E-state index contributed by atoms with van der Waals surface area (Å²) < 4.78 is 0. The van der Waals surface area contributed by atoms with Gasteiger partial charge in [0.25, 0.3) is 0 Å². The van der Waals surface area contributed by atoms with Crippen LogP contribution in [0.5, 0.6) is 0 Å². The number of aryl methyl sites for hydroxylation is 1. The third-order valence-corrected chi connectivity index (χ3v) is 4.78. The van der Waals surface area contributed by atoms with Crippen molar-refractivity contribution in [3.63, 3.8) is 0 Å². The number of rotatable bonds is 3. The van der Waals surface area contributed by atoms with E-state index in [1.165, 1.54) is 0 Å². The molecule has 1 amide bonds. The lowest BCUT2D eigenvalue weighted by Crippen LogP contribution is -2.49. The van der Waals surface area contributed by atoms with Gasteiger partial charge in [-0.3, -0.25) is 4.79 Å². The first-order chi connectivity index (χ1) is 12.2. The van der Waals surface area contributed by atoms with Crippen LogP contribution in [-0.2, 0) is 11.2 Å². The number of carbonyl (C=O) groups excluding carboxylic acids is 1. The largest absolute Gasteiger partial charge is 0.352 e. The van der Waals surface area contributed by atoms with Crippen molar-refractivity contribution in [2.45, 2.75) is 13.3 Å². The molecule has 3 aromatic rings. The Hall–Kier alpha value is -2.89. The van der Waals surface area contributed by atoms with E-state index in [1.54, 1.807) is 6.33 Å². The van der Waals surface area contributed by atoms with Crippen molar-refractivity contribution >= 4 is 22.8 Å². The molecule has 0 bridgehead atoms. The summed E-state index contributed by atoms with van der Waals surface area (Å²) in [6, 6.07) is 9.92. The first kappa shape index (κ1) is 15.6. The van der Waals surface area contributed by atoms with E-state index >= 15 is 0 Å². The maximum Gasteiger partial charge on any atom is 0.227 e. The second-order valence-electron chi connectivity index (χ2n) is 6.42. The minimum Gasteiger partial charge on any atom is -0.352 e. The van der Waals surface area contributed by atoms with E-state index < -0.39 is 0 Å². The molecule has 1 aromatic carbocycles. The summed E-state index contributed by atoms with van der Waals surface area (Å²) in [5.41, 5.74) is 3.08. The Labute approximate surface area is 146 Å². The normalized spacial score (nSPS) is 14.9. The van der Waals surface area contributed by atoms with Crippen LogP contribution in [0.1, 0.15) is 11.1 Å². The second-order valence-corrected chi connectivity index (χ2v) is 6.42. The monoisotopic (exact) mass is 335 g/mol. The van der Waals surface area contributed by atoms with Gasteiger partial charge in [-0.05, 0) is 18.1 Å². The van der Waals surface area contributed by atoms with Crippen LogP contribution in [0, 0.1) is 6.92 Å². The Kier molecular flexibility index (Phi) is 4.09.